The smallest absolute Gasteiger partial charge is 0.244 e. The van der Waals surface area contributed by atoms with Crippen LogP contribution in [0.25, 0.3) is 0 Å². The minimum absolute atomic E-state index is 0.0453. The van der Waals surface area contributed by atoms with Gasteiger partial charge in [-0.1, -0.05) is 6.92 Å². The predicted octanol–water partition coefficient (Wildman–Crippen LogP) is 1.95. The number of anilines is 2. The Hall–Kier alpha value is -1.58. The summed E-state index contributed by atoms with van der Waals surface area (Å²) >= 11 is 0. The Bertz CT molecular complexity index is 417. The van der Waals surface area contributed by atoms with Crippen LogP contribution in [0.5, 0.6) is 0 Å². The summed E-state index contributed by atoms with van der Waals surface area (Å²) in [6, 6.07) is 2.25. The van der Waals surface area contributed by atoms with E-state index >= 15 is 0 Å². The zero-order chi connectivity index (χ0) is 11.7. The standard InChI is InChI=1S/C12H17N3O/c1-4-9(3)15-7-10(16)14-11-8(2)5-6-13-12(11)15/h5-6,9H,4,7H2,1-3H3,(H,14,16). The Kier molecular flexibility index (Phi) is 2.81. The molecule has 0 fully saturated rings. The minimum atomic E-state index is 0.0453. The molecule has 0 spiro atoms. The molecule has 16 heavy (non-hydrogen) atoms. The molecule has 86 valence electrons. The monoisotopic (exact) mass is 219 g/mol. The van der Waals surface area contributed by atoms with Crippen LogP contribution in [0.2, 0.25) is 0 Å². The first-order valence-corrected chi connectivity index (χ1v) is 5.65. The second-order valence-corrected chi connectivity index (χ2v) is 4.26. The third-order valence-electron chi connectivity index (χ3n) is 3.11. The van der Waals surface area contributed by atoms with Crippen molar-refractivity contribution in [3.63, 3.8) is 0 Å². The highest BCUT2D eigenvalue weighted by Crippen LogP contribution is 2.31. The fourth-order valence-electron chi connectivity index (χ4n) is 1.91. The van der Waals surface area contributed by atoms with E-state index in [4.69, 9.17) is 0 Å². The SMILES string of the molecule is CCC(C)N1CC(=O)Nc2c(C)ccnc21. The maximum atomic E-state index is 11.6. The van der Waals surface area contributed by atoms with Gasteiger partial charge < -0.3 is 10.2 Å². The van der Waals surface area contributed by atoms with Crippen LogP contribution >= 0.6 is 0 Å². The van der Waals surface area contributed by atoms with Crippen molar-refractivity contribution in [1.29, 1.82) is 0 Å². The molecule has 1 aliphatic heterocycles. The molecule has 1 aromatic heterocycles. The fraction of sp³-hybridized carbons (Fsp3) is 0.500. The molecule has 0 radical (unpaired) electrons. The van der Waals surface area contributed by atoms with Crippen LogP contribution in [0.15, 0.2) is 12.3 Å². The van der Waals surface area contributed by atoms with Gasteiger partial charge >= 0.3 is 0 Å². The number of aromatic nitrogens is 1. The molecular formula is C12H17N3O. The van der Waals surface area contributed by atoms with E-state index < -0.39 is 0 Å². The molecule has 1 atom stereocenters. The second kappa shape index (κ2) is 4.12. The number of fused-ring (bicyclic) bond motifs is 1. The number of hydrogen-bond donors (Lipinski definition) is 1. The van der Waals surface area contributed by atoms with E-state index in [1.807, 2.05) is 13.0 Å². The molecule has 1 aliphatic rings. The summed E-state index contributed by atoms with van der Waals surface area (Å²) in [5.41, 5.74) is 1.92. The van der Waals surface area contributed by atoms with Gasteiger partial charge in [0.1, 0.15) is 0 Å². The van der Waals surface area contributed by atoms with Crippen molar-refractivity contribution in [2.45, 2.75) is 33.2 Å². The highest BCUT2D eigenvalue weighted by atomic mass is 16.2. The van der Waals surface area contributed by atoms with Crippen LogP contribution in [0.4, 0.5) is 11.5 Å². The number of hydrogen-bond acceptors (Lipinski definition) is 3. The maximum Gasteiger partial charge on any atom is 0.244 e. The van der Waals surface area contributed by atoms with E-state index in [1.165, 1.54) is 0 Å². The van der Waals surface area contributed by atoms with E-state index in [0.29, 0.717) is 12.6 Å². The summed E-state index contributed by atoms with van der Waals surface area (Å²) < 4.78 is 0. The Balaban J connectivity index is 2.46. The molecule has 2 heterocycles. The normalized spacial score (nSPS) is 16.7. The molecule has 1 aromatic rings. The highest BCUT2D eigenvalue weighted by Gasteiger charge is 2.26. The lowest BCUT2D eigenvalue weighted by molar-refractivity contribution is -0.115. The average Bonchev–Trinajstić information content (AvgIpc) is 2.28. The first kappa shape index (κ1) is 10.9. The van der Waals surface area contributed by atoms with E-state index in [2.05, 4.69) is 29.0 Å². The van der Waals surface area contributed by atoms with Gasteiger partial charge in [-0.15, -0.1) is 0 Å². The molecule has 4 nitrogen and oxygen atoms in total. The van der Waals surface area contributed by atoms with Crippen molar-refractivity contribution in [3.05, 3.63) is 17.8 Å². The molecule has 0 saturated heterocycles. The van der Waals surface area contributed by atoms with Gasteiger partial charge in [-0.25, -0.2) is 4.98 Å². The number of carbonyl (C=O) groups excluding carboxylic acids is 1. The third-order valence-corrected chi connectivity index (χ3v) is 3.11. The number of carbonyl (C=O) groups is 1. The molecule has 0 aliphatic carbocycles. The van der Waals surface area contributed by atoms with Crippen LogP contribution in [0, 0.1) is 6.92 Å². The topological polar surface area (TPSA) is 45.2 Å². The summed E-state index contributed by atoms with van der Waals surface area (Å²) in [4.78, 5) is 18.1. The summed E-state index contributed by atoms with van der Waals surface area (Å²) in [5, 5.41) is 2.89. The molecule has 1 N–H and O–H groups in total. The lowest BCUT2D eigenvalue weighted by atomic mass is 10.1. The number of nitrogens with one attached hydrogen (secondary N) is 1. The highest BCUT2D eigenvalue weighted by molar-refractivity contribution is 6.01. The number of rotatable bonds is 2. The molecule has 1 unspecified atom stereocenters. The number of amides is 1. The summed E-state index contributed by atoms with van der Waals surface area (Å²) in [7, 11) is 0. The minimum Gasteiger partial charge on any atom is -0.343 e. The number of aryl methyl sites for hydroxylation is 1. The van der Waals surface area contributed by atoms with Gasteiger partial charge in [-0.05, 0) is 31.9 Å². The van der Waals surface area contributed by atoms with Gasteiger partial charge in [-0.2, -0.15) is 0 Å². The molecule has 4 heteroatoms. The van der Waals surface area contributed by atoms with Crippen molar-refractivity contribution in [3.8, 4) is 0 Å². The Morgan fingerprint density at radius 1 is 1.62 bits per heavy atom. The first-order chi connectivity index (χ1) is 7.63. The van der Waals surface area contributed by atoms with Crippen molar-refractivity contribution >= 4 is 17.4 Å². The summed E-state index contributed by atoms with van der Waals surface area (Å²) in [5.74, 6) is 0.942. The van der Waals surface area contributed by atoms with Crippen LogP contribution in [0.1, 0.15) is 25.8 Å². The third kappa shape index (κ3) is 1.75. The molecular weight excluding hydrogens is 202 g/mol. The lowest BCUT2D eigenvalue weighted by Gasteiger charge is -2.34. The Morgan fingerprint density at radius 2 is 2.38 bits per heavy atom. The first-order valence-electron chi connectivity index (χ1n) is 5.65. The van der Waals surface area contributed by atoms with Crippen molar-refractivity contribution in [1.82, 2.24) is 4.98 Å². The van der Waals surface area contributed by atoms with E-state index in [1.54, 1.807) is 6.20 Å². The molecule has 0 aromatic carbocycles. The van der Waals surface area contributed by atoms with E-state index in [-0.39, 0.29) is 5.91 Å². The van der Waals surface area contributed by atoms with Gasteiger partial charge in [0.2, 0.25) is 5.91 Å². The molecule has 1 amide bonds. The molecule has 0 saturated carbocycles. The molecule has 0 bridgehead atoms. The predicted molar refractivity (Wildman–Crippen MR) is 64.7 cm³/mol. The molecule has 2 rings (SSSR count). The van der Waals surface area contributed by atoms with Crippen LogP contribution in [-0.2, 0) is 4.79 Å². The van der Waals surface area contributed by atoms with Crippen molar-refractivity contribution in [2.75, 3.05) is 16.8 Å². The van der Waals surface area contributed by atoms with E-state index in [0.717, 1.165) is 23.5 Å². The lowest BCUT2D eigenvalue weighted by Crippen LogP contribution is -2.44. The van der Waals surface area contributed by atoms with Crippen molar-refractivity contribution < 1.29 is 4.79 Å². The van der Waals surface area contributed by atoms with Gasteiger partial charge in [-0.3, -0.25) is 4.79 Å². The average molecular weight is 219 g/mol. The quantitative estimate of drug-likeness (QED) is 0.826. The van der Waals surface area contributed by atoms with Crippen LogP contribution in [0.3, 0.4) is 0 Å². The number of pyridine rings is 1. The fourth-order valence-corrected chi connectivity index (χ4v) is 1.91. The van der Waals surface area contributed by atoms with Gasteiger partial charge in [0.25, 0.3) is 0 Å². The zero-order valence-electron chi connectivity index (χ0n) is 9.95. The van der Waals surface area contributed by atoms with E-state index in [9.17, 15) is 4.79 Å². The second-order valence-electron chi connectivity index (χ2n) is 4.26. The van der Waals surface area contributed by atoms with Gasteiger partial charge in [0.15, 0.2) is 5.82 Å². The summed E-state index contributed by atoms with van der Waals surface area (Å²) in [6.07, 6.45) is 2.80. The van der Waals surface area contributed by atoms with Crippen LogP contribution < -0.4 is 10.2 Å². The maximum absolute atomic E-state index is 11.6. The van der Waals surface area contributed by atoms with Crippen molar-refractivity contribution in [2.24, 2.45) is 0 Å². The zero-order valence-corrected chi connectivity index (χ0v) is 9.95. The summed E-state index contributed by atoms with van der Waals surface area (Å²) in [6.45, 7) is 6.62. The Labute approximate surface area is 95.7 Å². The largest absolute Gasteiger partial charge is 0.343 e. The van der Waals surface area contributed by atoms with Crippen LogP contribution in [-0.4, -0.2) is 23.5 Å². The van der Waals surface area contributed by atoms with Gasteiger partial charge in [0.05, 0.1) is 12.2 Å². The Morgan fingerprint density at radius 3 is 3.06 bits per heavy atom. The number of nitrogens with zero attached hydrogens (tertiary/aromatic N) is 2. The van der Waals surface area contributed by atoms with Gasteiger partial charge in [0, 0.05) is 12.2 Å².